The van der Waals surface area contributed by atoms with E-state index in [9.17, 15) is 4.79 Å². The van der Waals surface area contributed by atoms with Gasteiger partial charge in [0.1, 0.15) is 0 Å². The van der Waals surface area contributed by atoms with E-state index in [1.807, 2.05) is 23.0 Å². The van der Waals surface area contributed by atoms with Gasteiger partial charge in [0.05, 0.1) is 18.9 Å². The summed E-state index contributed by atoms with van der Waals surface area (Å²) >= 11 is 0. The molecule has 1 aliphatic heterocycles. The maximum Gasteiger partial charge on any atom is 0.337 e. The Labute approximate surface area is 139 Å². The van der Waals surface area contributed by atoms with Crippen molar-refractivity contribution in [2.45, 2.75) is 19.4 Å². The number of nitrogens with zero attached hydrogens (tertiary/aromatic N) is 3. The largest absolute Gasteiger partial charge is 0.465 e. The molecule has 1 saturated heterocycles. The summed E-state index contributed by atoms with van der Waals surface area (Å²) in [7, 11) is 1.38. The van der Waals surface area contributed by atoms with E-state index in [0.29, 0.717) is 11.5 Å². The first-order valence-corrected chi connectivity index (χ1v) is 8.16. The van der Waals surface area contributed by atoms with Crippen molar-refractivity contribution in [3.8, 4) is 0 Å². The van der Waals surface area contributed by atoms with Crippen LogP contribution in [0.3, 0.4) is 0 Å². The lowest BCUT2D eigenvalue weighted by Gasteiger charge is -2.21. The molecule has 24 heavy (non-hydrogen) atoms. The topological polar surface area (TPSA) is 66.2 Å². The highest BCUT2D eigenvalue weighted by Crippen LogP contribution is 2.26. The number of benzene rings is 1. The summed E-state index contributed by atoms with van der Waals surface area (Å²) in [6, 6.07) is 5.53. The fraction of sp³-hybridized carbons (Fsp3) is 0.389. The Morgan fingerprint density at radius 1 is 1.29 bits per heavy atom. The van der Waals surface area contributed by atoms with Gasteiger partial charge >= 0.3 is 5.97 Å². The van der Waals surface area contributed by atoms with Crippen molar-refractivity contribution in [3.63, 3.8) is 0 Å². The quantitative estimate of drug-likeness (QED) is 0.693. The lowest BCUT2D eigenvalue weighted by Crippen LogP contribution is -2.21. The van der Waals surface area contributed by atoms with E-state index in [0.717, 1.165) is 54.4 Å². The van der Waals surface area contributed by atoms with E-state index in [1.165, 1.54) is 7.11 Å². The molecule has 0 bridgehead atoms. The number of hydrogen-bond donors (Lipinski definition) is 0. The van der Waals surface area contributed by atoms with Crippen LogP contribution >= 0.6 is 0 Å². The molecule has 4 rings (SSSR count). The first-order chi connectivity index (χ1) is 11.8. The predicted octanol–water partition coefficient (Wildman–Crippen LogP) is 2.80. The van der Waals surface area contributed by atoms with Crippen LogP contribution in [0.5, 0.6) is 0 Å². The number of methoxy groups -OCH3 is 1. The summed E-state index contributed by atoms with van der Waals surface area (Å²) in [5, 5.41) is 7.51. The number of esters is 1. The van der Waals surface area contributed by atoms with E-state index in [1.54, 1.807) is 12.3 Å². The smallest absolute Gasteiger partial charge is 0.337 e. The molecule has 124 valence electrons. The second kappa shape index (κ2) is 6.20. The summed E-state index contributed by atoms with van der Waals surface area (Å²) < 4.78 is 12.2. The molecule has 0 unspecified atom stereocenters. The first-order valence-electron chi connectivity index (χ1n) is 8.16. The molecule has 1 aliphatic rings. The van der Waals surface area contributed by atoms with Crippen LogP contribution in [-0.2, 0) is 16.0 Å². The molecular weight excluding hydrogens is 306 g/mol. The highest BCUT2D eigenvalue weighted by atomic mass is 16.5. The minimum Gasteiger partial charge on any atom is -0.465 e. The molecule has 0 aliphatic carbocycles. The molecule has 0 N–H and O–H groups in total. The summed E-state index contributed by atoms with van der Waals surface area (Å²) in [4.78, 5) is 16.3. The third kappa shape index (κ3) is 2.63. The van der Waals surface area contributed by atoms with Gasteiger partial charge in [0.15, 0.2) is 5.65 Å². The van der Waals surface area contributed by atoms with Gasteiger partial charge in [-0.15, -0.1) is 0 Å². The molecule has 0 atom stereocenters. The van der Waals surface area contributed by atoms with Crippen LogP contribution in [0.25, 0.3) is 21.8 Å². The second-order valence-corrected chi connectivity index (χ2v) is 6.17. The number of carbonyl (C=O) groups is 1. The molecule has 6 heteroatoms. The zero-order chi connectivity index (χ0) is 16.5. The first kappa shape index (κ1) is 15.1. The van der Waals surface area contributed by atoms with Gasteiger partial charge in [0.2, 0.25) is 0 Å². The number of pyridine rings is 1. The SMILES string of the molecule is COC(=O)c1ccc2c(cnc3c2cnn3CC2CCOCC2)c1. The monoisotopic (exact) mass is 325 g/mol. The third-order valence-corrected chi connectivity index (χ3v) is 4.67. The number of aromatic nitrogens is 3. The van der Waals surface area contributed by atoms with Gasteiger partial charge in [-0.05, 0) is 36.3 Å². The van der Waals surface area contributed by atoms with E-state index in [2.05, 4.69) is 10.1 Å². The van der Waals surface area contributed by atoms with E-state index >= 15 is 0 Å². The molecule has 3 aromatic rings. The van der Waals surface area contributed by atoms with Gasteiger partial charge < -0.3 is 9.47 Å². The minimum absolute atomic E-state index is 0.341. The van der Waals surface area contributed by atoms with Crippen LogP contribution in [0.4, 0.5) is 0 Å². The average Bonchev–Trinajstić information content (AvgIpc) is 3.04. The van der Waals surface area contributed by atoms with Gasteiger partial charge in [-0.2, -0.15) is 5.10 Å². The molecule has 0 saturated carbocycles. The standard InChI is InChI=1S/C18H19N3O3/c1-23-18(22)13-2-3-15-14(8-13)9-19-17-16(15)10-20-21(17)11-12-4-6-24-7-5-12/h2-3,8-10,12H,4-7,11H2,1H3. The molecule has 1 fully saturated rings. The van der Waals surface area contributed by atoms with Crippen molar-refractivity contribution in [1.29, 1.82) is 0 Å². The molecule has 1 aromatic carbocycles. The van der Waals surface area contributed by atoms with Crippen molar-refractivity contribution in [1.82, 2.24) is 14.8 Å². The Morgan fingerprint density at radius 3 is 2.92 bits per heavy atom. The van der Waals surface area contributed by atoms with E-state index in [-0.39, 0.29) is 5.97 Å². The van der Waals surface area contributed by atoms with Gasteiger partial charge in [0, 0.05) is 36.7 Å². The van der Waals surface area contributed by atoms with Crippen molar-refractivity contribution < 1.29 is 14.3 Å². The van der Waals surface area contributed by atoms with Gasteiger partial charge in [-0.1, -0.05) is 6.07 Å². The number of rotatable bonds is 3. The molecule has 0 spiro atoms. The summed E-state index contributed by atoms with van der Waals surface area (Å²) in [5.74, 6) is 0.244. The maximum atomic E-state index is 11.7. The number of carbonyl (C=O) groups excluding carboxylic acids is 1. The van der Waals surface area contributed by atoms with Gasteiger partial charge in [0.25, 0.3) is 0 Å². The molecule has 0 amide bonds. The molecular formula is C18H19N3O3. The zero-order valence-corrected chi connectivity index (χ0v) is 13.6. The molecule has 6 nitrogen and oxygen atoms in total. The second-order valence-electron chi connectivity index (χ2n) is 6.17. The Balaban J connectivity index is 1.72. The van der Waals surface area contributed by atoms with Crippen LogP contribution in [0.1, 0.15) is 23.2 Å². The lowest BCUT2D eigenvalue weighted by molar-refractivity contribution is 0.0599. The zero-order valence-electron chi connectivity index (χ0n) is 13.6. The number of ether oxygens (including phenoxy) is 2. The van der Waals surface area contributed by atoms with Gasteiger partial charge in [-0.3, -0.25) is 0 Å². The van der Waals surface area contributed by atoms with Crippen LogP contribution < -0.4 is 0 Å². The minimum atomic E-state index is -0.341. The van der Waals surface area contributed by atoms with Crippen molar-refractivity contribution in [2.24, 2.45) is 5.92 Å². The van der Waals surface area contributed by atoms with Crippen LogP contribution in [0.15, 0.2) is 30.6 Å². The van der Waals surface area contributed by atoms with E-state index < -0.39 is 0 Å². The van der Waals surface area contributed by atoms with E-state index in [4.69, 9.17) is 9.47 Å². The highest BCUT2D eigenvalue weighted by Gasteiger charge is 2.17. The van der Waals surface area contributed by atoms with Crippen LogP contribution in [-0.4, -0.2) is 41.1 Å². The maximum absolute atomic E-state index is 11.7. The Kier molecular flexibility index (Phi) is 3.90. The van der Waals surface area contributed by atoms with Crippen molar-refractivity contribution in [3.05, 3.63) is 36.2 Å². The Morgan fingerprint density at radius 2 is 2.12 bits per heavy atom. The van der Waals surface area contributed by atoms with Gasteiger partial charge in [-0.25, -0.2) is 14.5 Å². The summed E-state index contributed by atoms with van der Waals surface area (Å²) in [6.45, 7) is 2.53. The highest BCUT2D eigenvalue weighted by molar-refractivity contribution is 6.06. The number of fused-ring (bicyclic) bond motifs is 3. The fourth-order valence-electron chi connectivity index (χ4n) is 3.30. The molecule has 3 heterocycles. The molecule has 2 aromatic heterocycles. The Bertz CT molecular complexity index is 897. The number of hydrogen-bond acceptors (Lipinski definition) is 5. The Hall–Kier alpha value is -2.47. The lowest BCUT2D eigenvalue weighted by atomic mass is 10.0. The average molecular weight is 325 g/mol. The fourth-order valence-corrected chi connectivity index (χ4v) is 3.30. The van der Waals surface area contributed by atoms with Crippen molar-refractivity contribution in [2.75, 3.05) is 20.3 Å². The normalized spacial score (nSPS) is 15.9. The van der Waals surface area contributed by atoms with Crippen molar-refractivity contribution >= 4 is 27.8 Å². The van der Waals surface area contributed by atoms with Crippen LogP contribution in [0, 0.1) is 5.92 Å². The summed E-state index contributed by atoms with van der Waals surface area (Å²) in [5.41, 5.74) is 1.42. The summed E-state index contributed by atoms with van der Waals surface area (Å²) in [6.07, 6.45) is 5.79. The molecule has 0 radical (unpaired) electrons. The van der Waals surface area contributed by atoms with Crippen LogP contribution in [0.2, 0.25) is 0 Å². The predicted molar refractivity (Wildman–Crippen MR) is 89.9 cm³/mol. The third-order valence-electron chi connectivity index (χ3n) is 4.67.